The van der Waals surface area contributed by atoms with Gasteiger partial charge in [0.2, 0.25) is 0 Å². The molecule has 1 aromatic carbocycles. The topological polar surface area (TPSA) is 44.8 Å². The van der Waals surface area contributed by atoms with Crippen molar-refractivity contribution in [2.24, 2.45) is 0 Å². The lowest BCUT2D eigenvalue weighted by molar-refractivity contribution is 0.217. The lowest BCUT2D eigenvalue weighted by atomic mass is 10.0. The Labute approximate surface area is 156 Å². The first-order chi connectivity index (χ1) is 12.1. The Hall–Kier alpha value is -2.12. The number of urea groups is 1. The number of benzene rings is 1. The van der Waals surface area contributed by atoms with Gasteiger partial charge >= 0.3 is 6.03 Å². The van der Waals surface area contributed by atoms with E-state index in [9.17, 15) is 4.79 Å². The molecule has 7 heteroatoms. The van der Waals surface area contributed by atoms with Crippen LogP contribution in [0.25, 0.3) is 0 Å². The van der Waals surface area contributed by atoms with Crippen molar-refractivity contribution < 1.29 is 9.53 Å². The molecule has 4 rings (SSSR count). The largest absolute Gasteiger partial charge is 0.467 e. The molecule has 25 heavy (non-hydrogen) atoms. The molecule has 0 bridgehead atoms. The Morgan fingerprint density at radius 1 is 1.28 bits per heavy atom. The zero-order valence-corrected chi connectivity index (χ0v) is 15.5. The average molecular weight is 374 g/mol. The summed E-state index contributed by atoms with van der Waals surface area (Å²) in [6, 6.07) is 10.0. The van der Waals surface area contributed by atoms with E-state index in [4.69, 9.17) is 17.0 Å². The zero-order valence-electron chi connectivity index (χ0n) is 13.9. The van der Waals surface area contributed by atoms with Crippen molar-refractivity contribution in [3.63, 3.8) is 0 Å². The fourth-order valence-corrected chi connectivity index (χ4v) is 4.33. The molecule has 1 aromatic heterocycles. The average Bonchev–Trinajstić information content (AvgIpc) is 3.06. The number of hydrogen-bond donors (Lipinski definition) is 1. The predicted octanol–water partition coefficient (Wildman–Crippen LogP) is 4.24. The Morgan fingerprint density at radius 2 is 2.12 bits per heavy atom. The van der Waals surface area contributed by atoms with Crippen LogP contribution in [-0.2, 0) is 11.2 Å². The van der Waals surface area contributed by atoms with Gasteiger partial charge in [-0.1, -0.05) is 0 Å². The van der Waals surface area contributed by atoms with Gasteiger partial charge in [0.05, 0.1) is 5.00 Å². The van der Waals surface area contributed by atoms with Crippen LogP contribution in [0.5, 0.6) is 0 Å². The van der Waals surface area contributed by atoms with Gasteiger partial charge < -0.3 is 10.1 Å². The normalized spacial score (nSPS) is 20.6. The number of hydrogen-bond acceptors (Lipinski definition) is 4. The maximum Gasteiger partial charge on any atom is 0.329 e. The van der Waals surface area contributed by atoms with Crippen LogP contribution in [0.4, 0.5) is 21.2 Å². The van der Waals surface area contributed by atoms with Crippen LogP contribution in [0.2, 0.25) is 0 Å². The van der Waals surface area contributed by atoms with Crippen molar-refractivity contribution >= 4 is 51.1 Å². The summed E-state index contributed by atoms with van der Waals surface area (Å²) >= 11 is 6.77. The van der Waals surface area contributed by atoms with E-state index in [0.29, 0.717) is 5.17 Å². The Morgan fingerprint density at radius 3 is 2.92 bits per heavy atom. The van der Waals surface area contributed by atoms with Crippen molar-refractivity contribution in [1.29, 1.82) is 0 Å². The van der Waals surface area contributed by atoms with Crippen LogP contribution in [0.3, 0.4) is 0 Å². The van der Waals surface area contributed by atoms with Crippen LogP contribution in [0.1, 0.15) is 18.9 Å². The van der Waals surface area contributed by atoms with Crippen molar-refractivity contribution in [1.82, 2.24) is 0 Å². The zero-order chi connectivity index (χ0) is 17.4. The molecule has 0 aliphatic carbocycles. The molecule has 2 amide bonds. The van der Waals surface area contributed by atoms with Crippen LogP contribution in [0.15, 0.2) is 35.7 Å². The van der Waals surface area contributed by atoms with Crippen LogP contribution < -0.4 is 15.1 Å². The third-order valence-electron chi connectivity index (χ3n) is 4.45. The number of anilines is 3. The van der Waals surface area contributed by atoms with E-state index < -0.39 is 0 Å². The first-order valence-electron chi connectivity index (χ1n) is 8.35. The standard InChI is InChI=1S/C18H19N3O2S2/c1-12-10-13-11-14(5-6-15(13)19-17(24)23-12)20-7-3-8-21(18(20)22)16-4-2-9-25-16/h2,4-6,9,11-12H,3,7-8,10H2,1H3,(H,19,24). The quantitative estimate of drug-likeness (QED) is 0.800. The maximum absolute atomic E-state index is 13.0. The third-order valence-corrected chi connectivity index (χ3v) is 5.54. The number of carbonyl (C=O) groups excluding carboxylic acids is 1. The summed E-state index contributed by atoms with van der Waals surface area (Å²) in [5, 5.41) is 6.52. The Bertz CT molecular complexity index is 807. The summed E-state index contributed by atoms with van der Waals surface area (Å²) in [5.74, 6) is 0. The molecule has 5 nitrogen and oxygen atoms in total. The summed E-state index contributed by atoms with van der Waals surface area (Å²) in [6.07, 6.45) is 1.71. The Kier molecular flexibility index (Phi) is 4.35. The van der Waals surface area contributed by atoms with Crippen molar-refractivity contribution in [3.8, 4) is 0 Å². The lowest BCUT2D eigenvalue weighted by Crippen LogP contribution is -2.49. The van der Waals surface area contributed by atoms with Crippen molar-refractivity contribution in [2.75, 3.05) is 28.2 Å². The fraction of sp³-hybridized carbons (Fsp3) is 0.333. The molecule has 1 unspecified atom stereocenters. The molecule has 3 heterocycles. The molecule has 130 valence electrons. The summed E-state index contributed by atoms with van der Waals surface area (Å²) in [4.78, 5) is 16.7. The number of amides is 2. The van der Waals surface area contributed by atoms with Gasteiger partial charge in [0.1, 0.15) is 6.10 Å². The predicted molar refractivity (Wildman–Crippen MR) is 106 cm³/mol. The number of carbonyl (C=O) groups is 1. The van der Waals surface area contributed by atoms with E-state index in [-0.39, 0.29) is 12.1 Å². The SMILES string of the molecule is CC1Cc2cc(N3CCCN(c4cccs4)C3=O)ccc2NC(=S)O1. The van der Waals surface area contributed by atoms with E-state index in [0.717, 1.165) is 47.9 Å². The number of nitrogens with one attached hydrogen (secondary N) is 1. The number of fused-ring (bicyclic) bond motifs is 1. The summed E-state index contributed by atoms with van der Waals surface area (Å²) in [5.41, 5.74) is 3.00. The first-order valence-corrected chi connectivity index (χ1v) is 9.64. The molecular weight excluding hydrogens is 354 g/mol. The number of rotatable bonds is 2. The van der Waals surface area contributed by atoms with E-state index >= 15 is 0 Å². The highest BCUT2D eigenvalue weighted by atomic mass is 32.1. The highest BCUT2D eigenvalue weighted by Gasteiger charge is 2.29. The molecule has 2 aromatic rings. The molecule has 1 fully saturated rings. The summed E-state index contributed by atoms with van der Waals surface area (Å²) in [7, 11) is 0. The van der Waals surface area contributed by atoms with Crippen LogP contribution in [-0.4, -0.2) is 30.4 Å². The second kappa shape index (κ2) is 6.65. The van der Waals surface area contributed by atoms with Gasteiger partial charge in [0.25, 0.3) is 5.17 Å². The van der Waals surface area contributed by atoms with Gasteiger partial charge in [-0.15, -0.1) is 11.3 Å². The van der Waals surface area contributed by atoms with Crippen LogP contribution in [0, 0.1) is 0 Å². The van der Waals surface area contributed by atoms with E-state index in [1.807, 2.05) is 46.4 Å². The second-order valence-electron chi connectivity index (χ2n) is 6.28. The summed E-state index contributed by atoms with van der Waals surface area (Å²) < 4.78 is 5.60. The number of thiocarbonyl (C=S) groups is 1. The molecular formula is C18H19N3O2S2. The third kappa shape index (κ3) is 3.21. The van der Waals surface area contributed by atoms with Gasteiger partial charge in [-0.2, -0.15) is 0 Å². The molecule has 0 saturated carbocycles. The van der Waals surface area contributed by atoms with Gasteiger partial charge in [-0.25, -0.2) is 4.79 Å². The molecule has 2 aliphatic heterocycles. The fourth-order valence-electron chi connectivity index (χ4n) is 3.30. The minimum Gasteiger partial charge on any atom is -0.467 e. The minimum atomic E-state index is 0.0103. The molecule has 0 spiro atoms. The van der Waals surface area contributed by atoms with Gasteiger partial charge in [0.15, 0.2) is 0 Å². The van der Waals surface area contributed by atoms with Crippen molar-refractivity contribution in [2.45, 2.75) is 25.9 Å². The monoisotopic (exact) mass is 373 g/mol. The lowest BCUT2D eigenvalue weighted by Gasteiger charge is -2.35. The van der Waals surface area contributed by atoms with E-state index in [1.165, 1.54) is 0 Å². The highest BCUT2D eigenvalue weighted by Crippen LogP contribution is 2.31. The molecule has 0 radical (unpaired) electrons. The smallest absolute Gasteiger partial charge is 0.329 e. The molecule has 1 atom stereocenters. The van der Waals surface area contributed by atoms with Crippen molar-refractivity contribution in [3.05, 3.63) is 41.3 Å². The number of thiophene rings is 1. The van der Waals surface area contributed by atoms with Gasteiger partial charge in [0, 0.05) is 30.9 Å². The van der Waals surface area contributed by atoms with E-state index in [1.54, 1.807) is 11.3 Å². The minimum absolute atomic E-state index is 0.0103. The maximum atomic E-state index is 13.0. The highest BCUT2D eigenvalue weighted by molar-refractivity contribution is 7.80. The molecule has 1 N–H and O–H groups in total. The summed E-state index contributed by atoms with van der Waals surface area (Å²) in [6.45, 7) is 3.50. The van der Waals surface area contributed by atoms with Gasteiger partial charge in [-0.3, -0.25) is 9.80 Å². The van der Waals surface area contributed by atoms with E-state index in [2.05, 4.69) is 11.4 Å². The second-order valence-corrected chi connectivity index (χ2v) is 7.57. The first kappa shape index (κ1) is 16.4. The van der Waals surface area contributed by atoms with Crippen LogP contribution >= 0.6 is 23.6 Å². The van der Waals surface area contributed by atoms with Gasteiger partial charge in [-0.05, 0) is 66.8 Å². The Balaban J connectivity index is 1.63. The number of nitrogens with zero attached hydrogens (tertiary/aromatic N) is 2. The molecule has 2 aliphatic rings. The number of ether oxygens (including phenoxy) is 1. The molecule has 1 saturated heterocycles.